The fourth-order valence-corrected chi connectivity index (χ4v) is 1.86. The van der Waals surface area contributed by atoms with Crippen molar-refractivity contribution in [3.63, 3.8) is 0 Å². The van der Waals surface area contributed by atoms with Crippen molar-refractivity contribution in [1.29, 1.82) is 0 Å². The minimum absolute atomic E-state index is 0.0121. The summed E-state index contributed by atoms with van der Waals surface area (Å²) in [4.78, 5) is 1.58. The molecule has 2 N–H and O–H groups in total. The van der Waals surface area contributed by atoms with Gasteiger partial charge in [-0.25, -0.2) is 8.78 Å². The molecule has 1 rings (SSSR count). The van der Waals surface area contributed by atoms with E-state index in [4.69, 9.17) is 10.2 Å². The van der Waals surface area contributed by atoms with Crippen LogP contribution in [0, 0.1) is 11.6 Å². The summed E-state index contributed by atoms with van der Waals surface area (Å²) in [6, 6.07) is 2.48. The van der Waals surface area contributed by atoms with E-state index in [1.54, 1.807) is 4.90 Å². The molecule has 0 saturated carbocycles. The van der Waals surface area contributed by atoms with Crippen molar-refractivity contribution in [2.24, 2.45) is 0 Å². The summed E-state index contributed by atoms with van der Waals surface area (Å²) in [5.41, 5.74) is -0.0683. The Morgan fingerprint density at radius 1 is 1.12 bits per heavy atom. The van der Waals surface area contributed by atoms with Gasteiger partial charge in [0.15, 0.2) is 0 Å². The third-order valence-corrected chi connectivity index (χ3v) is 2.97. The molecule has 0 saturated heterocycles. The highest BCUT2D eigenvalue weighted by molar-refractivity contribution is 9.10. The predicted octanol–water partition coefficient (Wildman–Crippen LogP) is 1.51. The predicted molar refractivity (Wildman–Crippen MR) is 63.5 cm³/mol. The van der Waals surface area contributed by atoms with Crippen molar-refractivity contribution in [2.75, 3.05) is 26.3 Å². The lowest BCUT2D eigenvalue weighted by atomic mass is 10.2. The van der Waals surface area contributed by atoms with Crippen molar-refractivity contribution in [3.8, 4) is 0 Å². The minimum atomic E-state index is -0.647. The average molecular weight is 310 g/mol. The minimum Gasteiger partial charge on any atom is -0.395 e. The number of halogens is 3. The maximum atomic E-state index is 13.7. The van der Waals surface area contributed by atoms with Crippen molar-refractivity contribution >= 4 is 15.9 Å². The van der Waals surface area contributed by atoms with Gasteiger partial charge in [-0.3, -0.25) is 4.90 Å². The molecule has 17 heavy (non-hydrogen) atoms. The van der Waals surface area contributed by atoms with E-state index in [0.717, 1.165) is 0 Å². The van der Waals surface area contributed by atoms with Gasteiger partial charge in [-0.05, 0) is 28.1 Å². The second-order valence-corrected chi connectivity index (χ2v) is 4.40. The molecule has 0 heterocycles. The second-order valence-electron chi connectivity index (χ2n) is 3.55. The van der Waals surface area contributed by atoms with E-state index in [1.807, 2.05) is 0 Å². The highest BCUT2D eigenvalue weighted by atomic mass is 79.9. The molecule has 0 amide bonds. The molecule has 0 unspecified atom stereocenters. The van der Waals surface area contributed by atoms with Crippen molar-refractivity contribution in [3.05, 3.63) is 33.8 Å². The first kappa shape index (κ1) is 14.5. The topological polar surface area (TPSA) is 43.7 Å². The first-order chi connectivity index (χ1) is 8.10. The Morgan fingerprint density at radius 3 is 2.24 bits per heavy atom. The zero-order chi connectivity index (χ0) is 12.8. The molecule has 0 aromatic heterocycles. The van der Waals surface area contributed by atoms with Crippen LogP contribution in [0.4, 0.5) is 8.78 Å². The van der Waals surface area contributed by atoms with Gasteiger partial charge in [0.1, 0.15) is 11.6 Å². The van der Waals surface area contributed by atoms with Crippen LogP contribution in [0.5, 0.6) is 0 Å². The van der Waals surface area contributed by atoms with Crippen LogP contribution in [-0.2, 0) is 6.54 Å². The molecule has 0 bridgehead atoms. The first-order valence-electron chi connectivity index (χ1n) is 5.16. The lowest BCUT2D eigenvalue weighted by Gasteiger charge is -2.20. The molecule has 1 aromatic carbocycles. The van der Waals surface area contributed by atoms with E-state index in [-0.39, 0.29) is 42.9 Å². The largest absolute Gasteiger partial charge is 0.395 e. The summed E-state index contributed by atoms with van der Waals surface area (Å²) < 4.78 is 27.3. The van der Waals surface area contributed by atoms with E-state index in [2.05, 4.69) is 15.9 Å². The third-order valence-electron chi connectivity index (χ3n) is 2.35. The monoisotopic (exact) mass is 309 g/mol. The van der Waals surface area contributed by atoms with E-state index in [1.165, 1.54) is 12.1 Å². The SMILES string of the molecule is OCCN(CCO)Cc1c(F)ccc(Br)c1F. The molecular weight excluding hydrogens is 296 g/mol. The molecule has 6 heteroatoms. The Morgan fingerprint density at radius 2 is 1.71 bits per heavy atom. The van der Waals surface area contributed by atoms with E-state index >= 15 is 0 Å². The summed E-state index contributed by atoms with van der Waals surface area (Å²) in [7, 11) is 0. The zero-order valence-electron chi connectivity index (χ0n) is 9.17. The Hall–Kier alpha value is -0.560. The molecule has 0 aliphatic heterocycles. The summed E-state index contributed by atoms with van der Waals surface area (Å²) >= 11 is 2.99. The second kappa shape index (κ2) is 7.00. The van der Waals surface area contributed by atoms with Crippen LogP contribution in [0.3, 0.4) is 0 Å². The van der Waals surface area contributed by atoms with Gasteiger partial charge in [-0.2, -0.15) is 0 Å². The van der Waals surface area contributed by atoms with E-state index in [0.29, 0.717) is 0 Å². The molecule has 1 aromatic rings. The smallest absolute Gasteiger partial charge is 0.144 e. The van der Waals surface area contributed by atoms with Gasteiger partial charge in [0.25, 0.3) is 0 Å². The number of aliphatic hydroxyl groups is 2. The number of aliphatic hydroxyl groups excluding tert-OH is 2. The maximum Gasteiger partial charge on any atom is 0.144 e. The molecule has 0 radical (unpaired) electrons. The van der Waals surface area contributed by atoms with Crippen molar-refractivity contribution in [1.82, 2.24) is 4.90 Å². The van der Waals surface area contributed by atoms with Crippen LogP contribution in [0.25, 0.3) is 0 Å². The lowest BCUT2D eigenvalue weighted by molar-refractivity contribution is 0.153. The standard InChI is InChI=1S/C11H14BrF2NO2/c12-9-1-2-10(13)8(11(9)14)7-15(3-5-16)4-6-17/h1-2,16-17H,3-7H2. The number of rotatable bonds is 6. The molecule has 0 atom stereocenters. The fourth-order valence-electron chi connectivity index (χ4n) is 1.49. The van der Waals surface area contributed by atoms with Gasteiger partial charge < -0.3 is 10.2 Å². The normalized spacial score (nSPS) is 11.2. The molecule has 0 spiro atoms. The Balaban J connectivity index is 2.88. The highest BCUT2D eigenvalue weighted by Gasteiger charge is 2.15. The molecule has 96 valence electrons. The number of nitrogens with zero attached hydrogens (tertiary/aromatic N) is 1. The van der Waals surface area contributed by atoms with Crippen molar-refractivity contribution in [2.45, 2.75) is 6.54 Å². The Kier molecular flexibility index (Phi) is 5.97. The van der Waals surface area contributed by atoms with Crippen LogP contribution in [-0.4, -0.2) is 41.4 Å². The van der Waals surface area contributed by atoms with Crippen molar-refractivity contribution < 1.29 is 19.0 Å². The van der Waals surface area contributed by atoms with Gasteiger partial charge in [-0.15, -0.1) is 0 Å². The Bertz CT molecular complexity index is 371. The van der Waals surface area contributed by atoms with E-state index in [9.17, 15) is 8.78 Å². The number of hydrogen-bond acceptors (Lipinski definition) is 3. The number of hydrogen-bond donors (Lipinski definition) is 2. The van der Waals surface area contributed by atoms with E-state index < -0.39 is 11.6 Å². The van der Waals surface area contributed by atoms with Crippen LogP contribution in [0.1, 0.15) is 5.56 Å². The quantitative estimate of drug-likeness (QED) is 0.783. The molecule has 0 aliphatic carbocycles. The average Bonchev–Trinajstić information content (AvgIpc) is 2.30. The summed E-state index contributed by atoms with van der Waals surface area (Å²) in [6.07, 6.45) is 0. The zero-order valence-corrected chi connectivity index (χ0v) is 10.8. The Labute approximate surface area is 107 Å². The van der Waals surface area contributed by atoms with Crippen LogP contribution >= 0.6 is 15.9 Å². The van der Waals surface area contributed by atoms with Crippen LogP contribution in [0.15, 0.2) is 16.6 Å². The lowest BCUT2D eigenvalue weighted by Crippen LogP contribution is -2.30. The summed E-state index contributed by atoms with van der Waals surface area (Å²) in [6.45, 7) is 0.268. The molecule has 0 aliphatic rings. The van der Waals surface area contributed by atoms with Gasteiger partial charge in [-0.1, -0.05) is 0 Å². The van der Waals surface area contributed by atoms with Gasteiger partial charge >= 0.3 is 0 Å². The van der Waals surface area contributed by atoms with Crippen LogP contribution < -0.4 is 0 Å². The van der Waals surface area contributed by atoms with Crippen LogP contribution in [0.2, 0.25) is 0 Å². The van der Waals surface area contributed by atoms with Gasteiger partial charge in [0.05, 0.1) is 17.7 Å². The first-order valence-corrected chi connectivity index (χ1v) is 5.96. The molecule has 3 nitrogen and oxygen atoms in total. The fraction of sp³-hybridized carbons (Fsp3) is 0.455. The van der Waals surface area contributed by atoms with Gasteiger partial charge in [0.2, 0.25) is 0 Å². The third kappa shape index (κ3) is 3.99. The molecule has 0 fully saturated rings. The highest BCUT2D eigenvalue weighted by Crippen LogP contribution is 2.22. The maximum absolute atomic E-state index is 13.7. The van der Waals surface area contributed by atoms with Gasteiger partial charge in [0, 0.05) is 25.2 Å². The summed E-state index contributed by atoms with van der Waals surface area (Å²) in [5, 5.41) is 17.6. The number of benzene rings is 1. The summed E-state index contributed by atoms with van der Waals surface area (Å²) in [5.74, 6) is -1.28. The molecular formula is C11H14BrF2NO2.